The molecule has 0 radical (unpaired) electrons. The van der Waals surface area contributed by atoms with E-state index in [0.717, 1.165) is 18.0 Å². The van der Waals surface area contributed by atoms with Crippen molar-refractivity contribution in [2.45, 2.75) is 38.1 Å². The second-order valence-corrected chi connectivity index (χ2v) is 4.56. The molecule has 1 atom stereocenters. The summed E-state index contributed by atoms with van der Waals surface area (Å²) >= 11 is 0. The summed E-state index contributed by atoms with van der Waals surface area (Å²) in [5.74, 6) is 6.94. The second kappa shape index (κ2) is 5.93. The third-order valence-electron chi connectivity index (χ3n) is 3.46. The van der Waals surface area contributed by atoms with Crippen LogP contribution >= 0.6 is 0 Å². The van der Waals surface area contributed by atoms with Gasteiger partial charge in [-0.25, -0.2) is 4.98 Å². The lowest BCUT2D eigenvalue weighted by Gasteiger charge is -2.20. The van der Waals surface area contributed by atoms with E-state index in [2.05, 4.69) is 15.4 Å². The first-order valence-electron chi connectivity index (χ1n) is 6.16. The largest absolute Gasteiger partial charge is 0.480 e. The van der Waals surface area contributed by atoms with Crippen molar-refractivity contribution >= 4 is 0 Å². The lowest BCUT2D eigenvalue weighted by molar-refractivity contribution is 0.352. The summed E-state index contributed by atoms with van der Waals surface area (Å²) in [5, 5.41) is 0. The number of hydrogen-bond acceptors (Lipinski definition) is 5. The van der Waals surface area contributed by atoms with E-state index in [9.17, 15) is 0 Å². The number of hydrogen-bond donors (Lipinski definition) is 2. The zero-order chi connectivity index (χ0) is 12.1. The first-order valence-corrected chi connectivity index (χ1v) is 6.16. The van der Waals surface area contributed by atoms with Gasteiger partial charge in [0.15, 0.2) is 0 Å². The summed E-state index contributed by atoms with van der Waals surface area (Å²) in [7, 11) is 1.61. The number of nitrogens with one attached hydrogen (secondary N) is 1. The number of nitrogens with zero attached hydrogens (tertiary/aromatic N) is 2. The Bertz CT molecular complexity index is 352. The maximum absolute atomic E-state index is 5.63. The Hall–Kier alpha value is -1.20. The number of methoxy groups -OCH3 is 1. The fourth-order valence-corrected chi connectivity index (χ4v) is 2.57. The van der Waals surface area contributed by atoms with Gasteiger partial charge in [-0.05, 0) is 12.3 Å². The van der Waals surface area contributed by atoms with Gasteiger partial charge < -0.3 is 4.74 Å². The Morgan fingerprint density at radius 3 is 2.76 bits per heavy atom. The van der Waals surface area contributed by atoms with Crippen LogP contribution in [0.1, 0.15) is 43.8 Å². The number of nitrogens with two attached hydrogens (primary N) is 1. The molecule has 1 fully saturated rings. The van der Waals surface area contributed by atoms with Gasteiger partial charge >= 0.3 is 0 Å². The molecule has 5 nitrogen and oxygen atoms in total. The van der Waals surface area contributed by atoms with Crippen molar-refractivity contribution in [2.24, 2.45) is 11.8 Å². The fraction of sp³-hybridized carbons (Fsp3) is 0.667. The smallest absolute Gasteiger partial charge is 0.237 e. The van der Waals surface area contributed by atoms with E-state index >= 15 is 0 Å². The van der Waals surface area contributed by atoms with Crippen LogP contribution < -0.4 is 16.0 Å². The molecule has 1 aromatic heterocycles. The molecule has 94 valence electrons. The lowest BCUT2D eigenvalue weighted by Crippen LogP contribution is -2.30. The topological polar surface area (TPSA) is 73.1 Å². The molecule has 0 spiro atoms. The number of hydrazine groups is 1. The predicted molar refractivity (Wildman–Crippen MR) is 65.2 cm³/mol. The average Bonchev–Trinajstić information content (AvgIpc) is 2.89. The van der Waals surface area contributed by atoms with Gasteiger partial charge in [-0.3, -0.25) is 16.3 Å². The molecule has 0 amide bonds. The zero-order valence-electron chi connectivity index (χ0n) is 10.2. The minimum absolute atomic E-state index is 0.0294. The quantitative estimate of drug-likeness (QED) is 0.599. The maximum Gasteiger partial charge on any atom is 0.237 e. The molecule has 1 saturated carbocycles. The third kappa shape index (κ3) is 2.92. The van der Waals surface area contributed by atoms with Crippen molar-refractivity contribution in [2.75, 3.05) is 7.11 Å². The monoisotopic (exact) mass is 236 g/mol. The highest BCUT2D eigenvalue weighted by Gasteiger charge is 2.24. The molecule has 1 aromatic rings. The van der Waals surface area contributed by atoms with Crippen LogP contribution in [0.3, 0.4) is 0 Å². The first-order chi connectivity index (χ1) is 8.35. The highest BCUT2D eigenvalue weighted by Crippen LogP contribution is 2.33. The second-order valence-electron chi connectivity index (χ2n) is 4.56. The van der Waals surface area contributed by atoms with E-state index in [1.807, 2.05) is 0 Å². The average molecular weight is 236 g/mol. The van der Waals surface area contributed by atoms with Crippen LogP contribution in [0.25, 0.3) is 0 Å². The van der Waals surface area contributed by atoms with Gasteiger partial charge in [0, 0.05) is 12.4 Å². The molecule has 1 aliphatic rings. The Morgan fingerprint density at radius 2 is 2.12 bits per heavy atom. The molecular weight excluding hydrogens is 216 g/mol. The summed E-state index contributed by atoms with van der Waals surface area (Å²) in [6.45, 7) is 0. The van der Waals surface area contributed by atoms with Crippen molar-refractivity contribution < 1.29 is 4.74 Å². The fourth-order valence-electron chi connectivity index (χ4n) is 2.57. The molecule has 0 saturated heterocycles. The number of aromatic nitrogens is 2. The van der Waals surface area contributed by atoms with E-state index in [1.54, 1.807) is 19.5 Å². The minimum Gasteiger partial charge on any atom is -0.480 e. The Kier molecular flexibility index (Phi) is 4.28. The molecule has 3 N–H and O–H groups in total. The SMILES string of the molecule is COc1nccnc1C(CC1CCCC1)NN. The Labute approximate surface area is 102 Å². The summed E-state index contributed by atoms with van der Waals surface area (Å²) in [5.41, 5.74) is 3.65. The molecular formula is C12H20N4O. The van der Waals surface area contributed by atoms with Crippen LogP contribution in [0, 0.1) is 5.92 Å². The van der Waals surface area contributed by atoms with Crippen LogP contribution in [0.15, 0.2) is 12.4 Å². The lowest BCUT2D eigenvalue weighted by atomic mass is 9.97. The van der Waals surface area contributed by atoms with Gasteiger partial charge in [-0.2, -0.15) is 0 Å². The third-order valence-corrected chi connectivity index (χ3v) is 3.46. The van der Waals surface area contributed by atoms with Crippen LogP contribution in [-0.4, -0.2) is 17.1 Å². The summed E-state index contributed by atoms with van der Waals surface area (Å²) in [4.78, 5) is 8.49. The van der Waals surface area contributed by atoms with Crippen molar-refractivity contribution in [3.05, 3.63) is 18.1 Å². The first kappa shape index (κ1) is 12.3. The minimum atomic E-state index is 0.0294. The van der Waals surface area contributed by atoms with Crippen molar-refractivity contribution in [3.8, 4) is 5.88 Å². The van der Waals surface area contributed by atoms with Gasteiger partial charge in [0.25, 0.3) is 0 Å². The molecule has 1 unspecified atom stereocenters. The van der Waals surface area contributed by atoms with Gasteiger partial charge in [0.05, 0.1) is 13.2 Å². The van der Waals surface area contributed by atoms with Crippen molar-refractivity contribution in [1.82, 2.24) is 15.4 Å². The molecule has 2 rings (SSSR count). The summed E-state index contributed by atoms with van der Waals surface area (Å²) in [6, 6.07) is 0.0294. The molecule has 1 aliphatic carbocycles. The van der Waals surface area contributed by atoms with Crippen molar-refractivity contribution in [3.63, 3.8) is 0 Å². The number of rotatable bonds is 5. The summed E-state index contributed by atoms with van der Waals surface area (Å²) in [6.07, 6.45) is 9.56. The maximum atomic E-state index is 5.63. The molecule has 0 aromatic carbocycles. The van der Waals surface area contributed by atoms with Crippen LogP contribution in [0.2, 0.25) is 0 Å². The highest BCUT2D eigenvalue weighted by atomic mass is 16.5. The molecule has 1 heterocycles. The normalized spacial score (nSPS) is 18.2. The molecule has 5 heteroatoms. The zero-order valence-corrected chi connectivity index (χ0v) is 10.2. The summed E-state index contributed by atoms with van der Waals surface area (Å²) < 4.78 is 5.22. The Morgan fingerprint density at radius 1 is 1.41 bits per heavy atom. The predicted octanol–water partition coefficient (Wildman–Crippen LogP) is 1.57. The van der Waals surface area contributed by atoms with Gasteiger partial charge in [-0.15, -0.1) is 0 Å². The standard InChI is InChI=1S/C12H20N4O/c1-17-12-11(14-6-7-15-12)10(16-13)8-9-4-2-3-5-9/h6-7,9-10,16H,2-5,8,13H2,1H3. The molecule has 0 bridgehead atoms. The molecule has 17 heavy (non-hydrogen) atoms. The van der Waals surface area contributed by atoms with E-state index < -0.39 is 0 Å². The van der Waals surface area contributed by atoms with E-state index in [-0.39, 0.29) is 6.04 Å². The van der Waals surface area contributed by atoms with E-state index in [4.69, 9.17) is 10.6 Å². The van der Waals surface area contributed by atoms with Gasteiger partial charge in [0.1, 0.15) is 5.69 Å². The highest BCUT2D eigenvalue weighted by molar-refractivity contribution is 5.21. The van der Waals surface area contributed by atoms with Gasteiger partial charge in [0.2, 0.25) is 5.88 Å². The van der Waals surface area contributed by atoms with Crippen LogP contribution in [0.5, 0.6) is 5.88 Å². The van der Waals surface area contributed by atoms with Crippen LogP contribution in [0.4, 0.5) is 0 Å². The van der Waals surface area contributed by atoms with E-state index in [1.165, 1.54) is 25.7 Å². The van der Waals surface area contributed by atoms with Gasteiger partial charge in [-0.1, -0.05) is 25.7 Å². The van der Waals surface area contributed by atoms with Crippen LogP contribution in [-0.2, 0) is 0 Å². The number of ether oxygens (including phenoxy) is 1. The van der Waals surface area contributed by atoms with Crippen molar-refractivity contribution in [1.29, 1.82) is 0 Å². The van der Waals surface area contributed by atoms with E-state index in [0.29, 0.717) is 5.88 Å². The Balaban J connectivity index is 2.10. The molecule has 0 aliphatic heterocycles.